The topological polar surface area (TPSA) is 54.4 Å². The summed E-state index contributed by atoms with van der Waals surface area (Å²) in [4.78, 5) is 25.2. The second-order valence-electron chi connectivity index (χ2n) is 9.01. The van der Waals surface area contributed by atoms with Crippen LogP contribution in [-0.2, 0) is 9.59 Å². The zero-order valence-electron chi connectivity index (χ0n) is 15.0. The molecule has 0 unspecified atom stereocenters. The molecule has 0 aromatic heterocycles. The average Bonchev–Trinajstić information content (AvgIpc) is 2.87. The van der Waals surface area contributed by atoms with Gasteiger partial charge >= 0.3 is 0 Å². The third-order valence-electron chi connectivity index (χ3n) is 8.17. The number of Topliss-reactive ketones (excluding diaryl/α,β-unsaturated/α-hetero) is 1. The minimum atomic E-state index is -0.284. The Hall–Kier alpha value is -1.38. The number of carbonyl (C=O) groups excluding carboxylic acids is 2. The number of rotatable bonds is 1. The molecule has 4 aliphatic rings. The Balaban J connectivity index is 1.78. The first-order valence-electron chi connectivity index (χ1n) is 9.51. The lowest BCUT2D eigenvalue weighted by Crippen LogP contribution is -2.53. The Morgan fingerprint density at radius 3 is 2.58 bits per heavy atom. The molecule has 0 aromatic rings. The normalized spacial score (nSPS) is 47.5. The van der Waals surface area contributed by atoms with Crippen molar-refractivity contribution >= 4 is 11.6 Å². The molecule has 0 heterocycles. The van der Waals surface area contributed by atoms with Gasteiger partial charge in [0.2, 0.25) is 0 Å². The lowest BCUT2D eigenvalue weighted by Gasteiger charge is -2.55. The molecule has 1 N–H and O–H groups in total. The molecule has 0 bridgehead atoms. The van der Waals surface area contributed by atoms with E-state index in [1.165, 1.54) is 12.8 Å². The van der Waals surface area contributed by atoms with Crippen LogP contribution in [0.2, 0.25) is 0 Å². The van der Waals surface area contributed by atoms with Gasteiger partial charge in [0.1, 0.15) is 0 Å². The lowest BCUT2D eigenvalue weighted by molar-refractivity contribution is -0.136. The molecule has 0 radical (unpaired) electrons. The van der Waals surface area contributed by atoms with Crippen LogP contribution in [0.3, 0.4) is 0 Å². The standard InChI is InChI=1S/C21H28O3/c1-4-12-5-6-14-19-15(7-8-20(12,14)2)21(3)11-18(24)16(22)9-13(21)10-17(19)23/h9-10,12,14-15,19,22H,4-8,11H2,1-3H3/t12-,14-,15-,19-,20+,21-/m0/s1. The molecule has 3 nitrogen and oxygen atoms in total. The molecular weight excluding hydrogens is 300 g/mol. The SMILES string of the molecule is CC[C@H]1CC[C@H]2[C@@H]3C(=O)C=C4C=C(O)C(=O)C[C@]4(C)[C@H]3CC[C@]12C. The number of aliphatic hydroxyl groups is 1. The van der Waals surface area contributed by atoms with Gasteiger partial charge in [-0.2, -0.15) is 0 Å². The molecule has 0 saturated heterocycles. The van der Waals surface area contributed by atoms with Crippen molar-refractivity contribution in [3.63, 3.8) is 0 Å². The lowest BCUT2D eigenvalue weighted by atomic mass is 9.47. The largest absolute Gasteiger partial charge is 0.504 e. The maximum absolute atomic E-state index is 13.0. The van der Waals surface area contributed by atoms with E-state index in [0.717, 1.165) is 30.8 Å². The van der Waals surface area contributed by atoms with E-state index in [-0.39, 0.29) is 40.0 Å². The molecule has 0 amide bonds. The monoisotopic (exact) mass is 328 g/mol. The summed E-state index contributed by atoms with van der Waals surface area (Å²) in [5.41, 5.74) is 0.872. The van der Waals surface area contributed by atoms with Gasteiger partial charge in [-0.1, -0.05) is 27.2 Å². The number of fused-ring (bicyclic) bond motifs is 5. The van der Waals surface area contributed by atoms with Crippen LogP contribution in [0.4, 0.5) is 0 Å². The van der Waals surface area contributed by atoms with E-state index in [1.54, 1.807) is 12.2 Å². The minimum Gasteiger partial charge on any atom is -0.504 e. The van der Waals surface area contributed by atoms with Gasteiger partial charge in [0, 0.05) is 17.8 Å². The minimum absolute atomic E-state index is 0.0653. The zero-order chi connectivity index (χ0) is 17.3. The van der Waals surface area contributed by atoms with Gasteiger partial charge in [0.25, 0.3) is 0 Å². The second-order valence-corrected chi connectivity index (χ2v) is 9.01. The highest BCUT2D eigenvalue weighted by Gasteiger charge is 2.60. The van der Waals surface area contributed by atoms with Gasteiger partial charge in [-0.05, 0) is 66.6 Å². The maximum Gasteiger partial charge on any atom is 0.197 e. The molecule has 4 rings (SSSR count). The molecule has 3 heteroatoms. The molecule has 24 heavy (non-hydrogen) atoms. The van der Waals surface area contributed by atoms with Crippen molar-refractivity contribution in [1.29, 1.82) is 0 Å². The van der Waals surface area contributed by atoms with Crippen LogP contribution in [0.1, 0.15) is 59.3 Å². The Morgan fingerprint density at radius 2 is 1.88 bits per heavy atom. The van der Waals surface area contributed by atoms with E-state index in [0.29, 0.717) is 12.3 Å². The summed E-state index contributed by atoms with van der Waals surface area (Å²) in [6.07, 6.45) is 9.42. The van der Waals surface area contributed by atoms with Crippen molar-refractivity contribution < 1.29 is 14.7 Å². The van der Waals surface area contributed by atoms with E-state index in [9.17, 15) is 14.7 Å². The highest BCUT2D eigenvalue weighted by molar-refractivity contribution is 6.00. The number of allylic oxidation sites excluding steroid dienone is 4. The first kappa shape index (κ1) is 16.1. The Bertz CT molecular complexity index is 673. The van der Waals surface area contributed by atoms with Crippen LogP contribution in [-0.4, -0.2) is 16.7 Å². The van der Waals surface area contributed by atoms with Crippen molar-refractivity contribution in [2.24, 2.45) is 34.5 Å². The first-order chi connectivity index (χ1) is 11.3. The van der Waals surface area contributed by atoms with Crippen molar-refractivity contribution in [3.05, 3.63) is 23.5 Å². The second kappa shape index (κ2) is 5.06. The molecule has 2 fully saturated rings. The Morgan fingerprint density at radius 1 is 1.12 bits per heavy atom. The summed E-state index contributed by atoms with van der Waals surface area (Å²) in [7, 11) is 0. The summed E-state index contributed by atoms with van der Waals surface area (Å²) in [6.45, 7) is 6.82. The van der Waals surface area contributed by atoms with Crippen LogP contribution < -0.4 is 0 Å². The summed E-state index contributed by atoms with van der Waals surface area (Å²) in [6, 6.07) is 0. The molecule has 0 spiro atoms. The quantitative estimate of drug-likeness (QED) is 0.777. The Kier molecular flexibility index (Phi) is 3.40. The van der Waals surface area contributed by atoms with Crippen molar-refractivity contribution in [1.82, 2.24) is 0 Å². The number of ketones is 2. The fraction of sp³-hybridized carbons (Fsp3) is 0.714. The van der Waals surface area contributed by atoms with E-state index in [4.69, 9.17) is 0 Å². The van der Waals surface area contributed by atoms with Gasteiger partial charge < -0.3 is 5.11 Å². The van der Waals surface area contributed by atoms with Crippen LogP contribution in [0.25, 0.3) is 0 Å². The van der Waals surface area contributed by atoms with E-state index < -0.39 is 0 Å². The van der Waals surface area contributed by atoms with E-state index in [2.05, 4.69) is 20.8 Å². The molecule has 130 valence electrons. The average molecular weight is 328 g/mol. The predicted octanol–water partition coefficient (Wildman–Crippen LogP) is 4.39. The summed E-state index contributed by atoms with van der Waals surface area (Å²) >= 11 is 0. The van der Waals surface area contributed by atoms with E-state index in [1.807, 2.05) is 0 Å². The highest BCUT2D eigenvalue weighted by atomic mass is 16.3. The number of aliphatic hydroxyl groups excluding tert-OH is 1. The number of hydrogen-bond donors (Lipinski definition) is 1. The molecule has 0 aromatic carbocycles. The summed E-state index contributed by atoms with van der Waals surface area (Å²) < 4.78 is 0. The van der Waals surface area contributed by atoms with Crippen LogP contribution in [0, 0.1) is 34.5 Å². The molecule has 0 aliphatic heterocycles. The molecule has 2 saturated carbocycles. The fourth-order valence-electron chi connectivity index (χ4n) is 6.75. The summed E-state index contributed by atoms with van der Waals surface area (Å²) in [5.74, 6) is 1.37. The molecule has 4 aliphatic carbocycles. The van der Waals surface area contributed by atoms with E-state index >= 15 is 0 Å². The Labute approximate surface area is 144 Å². The van der Waals surface area contributed by atoms with Crippen LogP contribution in [0.15, 0.2) is 23.5 Å². The fourth-order valence-corrected chi connectivity index (χ4v) is 6.75. The third kappa shape index (κ3) is 1.90. The van der Waals surface area contributed by atoms with Gasteiger partial charge in [0.15, 0.2) is 17.3 Å². The smallest absolute Gasteiger partial charge is 0.197 e. The number of carbonyl (C=O) groups is 2. The van der Waals surface area contributed by atoms with Gasteiger partial charge in [0.05, 0.1) is 0 Å². The third-order valence-corrected chi connectivity index (χ3v) is 8.17. The van der Waals surface area contributed by atoms with Crippen molar-refractivity contribution in [2.45, 2.75) is 59.3 Å². The maximum atomic E-state index is 13.0. The molecular formula is C21H28O3. The van der Waals surface area contributed by atoms with Crippen molar-refractivity contribution in [2.75, 3.05) is 0 Å². The first-order valence-corrected chi connectivity index (χ1v) is 9.51. The predicted molar refractivity (Wildman–Crippen MR) is 92.4 cm³/mol. The highest BCUT2D eigenvalue weighted by Crippen LogP contribution is 2.65. The van der Waals surface area contributed by atoms with Crippen molar-refractivity contribution in [3.8, 4) is 0 Å². The zero-order valence-corrected chi connectivity index (χ0v) is 15.0. The van der Waals surface area contributed by atoms with Gasteiger partial charge in [-0.15, -0.1) is 0 Å². The van der Waals surface area contributed by atoms with Gasteiger partial charge in [-0.3, -0.25) is 9.59 Å². The number of hydrogen-bond acceptors (Lipinski definition) is 3. The van der Waals surface area contributed by atoms with Crippen LogP contribution >= 0.6 is 0 Å². The van der Waals surface area contributed by atoms with Gasteiger partial charge in [-0.25, -0.2) is 0 Å². The molecule has 6 atom stereocenters. The summed E-state index contributed by atoms with van der Waals surface area (Å²) in [5, 5.41) is 9.83. The van der Waals surface area contributed by atoms with Crippen LogP contribution in [0.5, 0.6) is 0 Å².